The number of cyclic esters (lactones) is 1. The molecule has 3 aliphatic heterocycles. The monoisotopic (exact) mass is 241 g/mol. The zero-order valence-corrected chi connectivity index (χ0v) is 10.2. The predicted octanol–water partition coefficient (Wildman–Crippen LogP) is 2.01. The molecule has 92 valence electrons. The number of rotatable bonds is 0. The second-order valence-corrected chi connectivity index (χ2v) is 5.27. The van der Waals surface area contributed by atoms with E-state index in [1.165, 1.54) is 22.4 Å². The summed E-state index contributed by atoms with van der Waals surface area (Å²) in [5.41, 5.74) is 5.23. The van der Waals surface area contributed by atoms with Crippen molar-refractivity contribution < 1.29 is 9.53 Å². The van der Waals surface area contributed by atoms with E-state index in [0.29, 0.717) is 12.5 Å². The predicted molar refractivity (Wildman–Crippen MR) is 69.4 cm³/mol. The lowest BCUT2D eigenvalue weighted by Gasteiger charge is -2.22. The largest absolute Gasteiger partial charge is 0.462 e. The molecule has 0 bridgehead atoms. The fourth-order valence-corrected chi connectivity index (χ4v) is 3.40. The average molecular weight is 241 g/mol. The van der Waals surface area contributed by atoms with Gasteiger partial charge >= 0.3 is 5.97 Å². The van der Waals surface area contributed by atoms with Gasteiger partial charge in [0.15, 0.2) is 0 Å². The maximum Gasteiger partial charge on any atom is 0.331 e. The van der Waals surface area contributed by atoms with Crippen LogP contribution in [0.25, 0.3) is 5.57 Å². The third-order valence-corrected chi connectivity index (χ3v) is 4.29. The molecule has 1 atom stereocenters. The molecular formula is C15H15NO2. The normalized spacial score (nSPS) is 24.9. The number of anilines is 1. The summed E-state index contributed by atoms with van der Waals surface area (Å²) < 4.78 is 5.17. The summed E-state index contributed by atoms with van der Waals surface area (Å²) in [5.74, 6) is 0.185. The lowest BCUT2D eigenvalue weighted by atomic mass is 9.88. The molecule has 0 radical (unpaired) electrons. The molecule has 0 N–H and O–H groups in total. The average Bonchev–Trinajstić information content (AvgIpc) is 2.73. The molecule has 3 aliphatic rings. The quantitative estimate of drug-likeness (QED) is 0.651. The Morgan fingerprint density at radius 3 is 3.17 bits per heavy atom. The lowest BCUT2D eigenvalue weighted by molar-refractivity contribution is -0.139. The Labute approximate surface area is 106 Å². The van der Waals surface area contributed by atoms with E-state index in [2.05, 4.69) is 23.1 Å². The number of para-hydroxylation sites is 1. The molecule has 0 amide bonds. The maximum atomic E-state index is 11.5. The van der Waals surface area contributed by atoms with Crippen LogP contribution in [0.5, 0.6) is 0 Å². The van der Waals surface area contributed by atoms with Crippen LogP contribution in [0.4, 0.5) is 5.69 Å². The van der Waals surface area contributed by atoms with Crippen molar-refractivity contribution in [3.05, 3.63) is 35.4 Å². The van der Waals surface area contributed by atoms with Crippen LogP contribution in [0.2, 0.25) is 0 Å². The molecule has 0 aromatic heterocycles. The zero-order chi connectivity index (χ0) is 12.1. The highest BCUT2D eigenvalue weighted by atomic mass is 16.5. The first kappa shape index (κ1) is 10.2. The zero-order valence-electron chi connectivity index (χ0n) is 10.2. The van der Waals surface area contributed by atoms with Gasteiger partial charge in [0.2, 0.25) is 0 Å². The fraction of sp³-hybridized carbons (Fsp3) is 0.400. The van der Waals surface area contributed by atoms with Crippen LogP contribution in [0.3, 0.4) is 0 Å². The van der Waals surface area contributed by atoms with E-state index >= 15 is 0 Å². The molecular weight excluding hydrogens is 226 g/mol. The van der Waals surface area contributed by atoms with E-state index in [-0.39, 0.29) is 5.97 Å². The highest BCUT2D eigenvalue weighted by Crippen LogP contribution is 2.43. The molecule has 0 saturated heterocycles. The van der Waals surface area contributed by atoms with E-state index in [4.69, 9.17) is 4.74 Å². The minimum Gasteiger partial charge on any atom is -0.462 e. The van der Waals surface area contributed by atoms with Crippen molar-refractivity contribution in [2.75, 3.05) is 24.6 Å². The summed E-state index contributed by atoms with van der Waals surface area (Å²) in [6.07, 6.45) is 3.91. The second-order valence-electron chi connectivity index (χ2n) is 5.27. The summed E-state index contributed by atoms with van der Waals surface area (Å²) >= 11 is 0. The molecule has 1 unspecified atom stereocenters. The first-order valence-corrected chi connectivity index (χ1v) is 6.58. The van der Waals surface area contributed by atoms with Crippen LogP contribution >= 0.6 is 0 Å². The second kappa shape index (κ2) is 3.61. The number of carbonyl (C=O) groups excluding carboxylic acids is 1. The maximum absolute atomic E-state index is 11.5. The van der Waals surface area contributed by atoms with Gasteiger partial charge in [0.1, 0.15) is 0 Å². The number of carbonyl (C=O) groups is 1. The van der Waals surface area contributed by atoms with Gasteiger partial charge in [-0.1, -0.05) is 18.2 Å². The minimum atomic E-state index is -0.190. The lowest BCUT2D eigenvalue weighted by Crippen LogP contribution is -2.24. The highest BCUT2D eigenvalue weighted by molar-refractivity contribution is 5.96. The molecule has 0 spiro atoms. The number of ether oxygens (including phenoxy) is 1. The van der Waals surface area contributed by atoms with Crippen molar-refractivity contribution in [1.29, 1.82) is 0 Å². The molecule has 3 heterocycles. The van der Waals surface area contributed by atoms with Gasteiger partial charge in [-0.05, 0) is 24.0 Å². The van der Waals surface area contributed by atoms with Gasteiger partial charge in [-0.25, -0.2) is 4.79 Å². The standard InChI is InChI=1S/C15H15NO2/c17-14-8-13-11(9-18-14)5-7-16-6-4-10-2-1-3-12(13)15(10)16/h1-3,8,11H,4-7,9H2. The number of hydrogen-bond donors (Lipinski definition) is 0. The van der Waals surface area contributed by atoms with Crippen LogP contribution in [-0.4, -0.2) is 25.7 Å². The van der Waals surface area contributed by atoms with Crippen LogP contribution < -0.4 is 4.90 Å². The molecule has 3 heteroatoms. The topological polar surface area (TPSA) is 29.5 Å². The molecule has 0 fully saturated rings. The van der Waals surface area contributed by atoms with Gasteiger partial charge in [-0.3, -0.25) is 0 Å². The van der Waals surface area contributed by atoms with E-state index in [1.807, 2.05) is 0 Å². The van der Waals surface area contributed by atoms with Crippen molar-refractivity contribution in [1.82, 2.24) is 0 Å². The summed E-state index contributed by atoms with van der Waals surface area (Å²) in [4.78, 5) is 14.0. The van der Waals surface area contributed by atoms with E-state index in [1.54, 1.807) is 6.08 Å². The first-order chi connectivity index (χ1) is 8.83. The van der Waals surface area contributed by atoms with Crippen molar-refractivity contribution in [3.8, 4) is 0 Å². The summed E-state index contributed by atoms with van der Waals surface area (Å²) in [7, 11) is 0. The molecule has 0 aliphatic carbocycles. The smallest absolute Gasteiger partial charge is 0.331 e. The third kappa shape index (κ3) is 1.33. The highest BCUT2D eigenvalue weighted by Gasteiger charge is 2.33. The Morgan fingerprint density at radius 1 is 1.28 bits per heavy atom. The minimum absolute atomic E-state index is 0.190. The fourth-order valence-electron chi connectivity index (χ4n) is 3.40. The SMILES string of the molecule is O=C1C=C2c3cccc4c3N(CC4)CCC2CO1. The van der Waals surface area contributed by atoms with Crippen LogP contribution in [0, 0.1) is 5.92 Å². The third-order valence-electron chi connectivity index (χ3n) is 4.29. The molecule has 18 heavy (non-hydrogen) atoms. The first-order valence-electron chi connectivity index (χ1n) is 6.58. The van der Waals surface area contributed by atoms with Gasteiger partial charge in [-0.2, -0.15) is 0 Å². The summed E-state index contributed by atoms with van der Waals surface area (Å²) in [5, 5.41) is 0. The molecule has 0 saturated carbocycles. The number of nitrogens with zero attached hydrogens (tertiary/aromatic N) is 1. The van der Waals surface area contributed by atoms with Crippen molar-refractivity contribution in [2.24, 2.45) is 5.92 Å². The van der Waals surface area contributed by atoms with Crippen LogP contribution in [0.1, 0.15) is 17.5 Å². The number of hydrogen-bond acceptors (Lipinski definition) is 3. The van der Waals surface area contributed by atoms with Gasteiger partial charge in [0.05, 0.1) is 6.61 Å². The van der Waals surface area contributed by atoms with Crippen molar-refractivity contribution in [2.45, 2.75) is 12.8 Å². The van der Waals surface area contributed by atoms with Crippen LogP contribution in [0.15, 0.2) is 24.3 Å². The Bertz CT molecular complexity index is 562. The Morgan fingerprint density at radius 2 is 2.22 bits per heavy atom. The van der Waals surface area contributed by atoms with Gasteiger partial charge in [0, 0.05) is 36.3 Å². The molecule has 1 aromatic rings. The Kier molecular flexibility index (Phi) is 2.04. The summed E-state index contributed by atoms with van der Waals surface area (Å²) in [6.45, 7) is 2.73. The van der Waals surface area contributed by atoms with E-state index in [9.17, 15) is 4.79 Å². The number of fused-ring (bicyclic) bond motifs is 2. The molecule has 4 rings (SSSR count). The Hall–Kier alpha value is -1.77. The molecule has 1 aromatic carbocycles. The van der Waals surface area contributed by atoms with Gasteiger partial charge in [0.25, 0.3) is 0 Å². The van der Waals surface area contributed by atoms with Crippen molar-refractivity contribution >= 4 is 17.2 Å². The number of benzene rings is 1. The van der Waals surface area contributed by atoms with E-state index in [0.717, 1.165) is 25.9 Å². The van der Waals surface area contributed by atoms with E-state index < -0.39 is 0 Å². The van der Waals surface area contributed by atoms with Gasteiger partial charge in [-0.15, -0.1) is 0 Å². The Balaban J connectivity index is 1.94. The number of esters is 1. The van der Waals surface area contributed by atoms with Crippen molar-refractivity contribution in [3.63, 3.8) is 0 Å². The van der Waals surface area contributed by atoms with Crippen LogP contribution in [-0.2, 0) is 16.0 Å². The molecule has 3 nitrogen and oxygen atoms in total. The summed E-state index contributed by atoms with van der Waals surface area (Å²) in [6, 6.07) is 6.47. The van der Waals surface area contributed by atoms with Gasteiger partial charge < -0.3 is 9.64 Å².